The maximum atomic E-state index is 5.23. The lowest BCUT2D eigenvalue weighted by atomic mass is 10.6. The van der Waals surface area contributed by atoms with Crippen molar-refractivity contribution in [3.8, 4) is 0 Å². The fourth-order valence-corrected chi connectivity index (χ4v) is 0.730. The highest BCUT2D eigenvalue weighted by atomic mass is 32.1. The lowest BCUT2D eigenvalue weighted by molar-refractivity contribution is 1.88. The van der Waals surface area contributed by atoms with Crippen LogP contribution in [-0.2, 0) is 0 Å². The van der Waals surface area contributed by atoms with Crippen LogP contribution < -0.4 is 5.73 Å². The van der Waals surface area contributed by atoms with E-state index in [1.165, 1.54) is 11.3 Å². The molecule has 1 aromatic heterocycles. The molecule has 0 atom stereocenters. The molecule has 1 heterocycles. The summed E-state index contributed by atoms with van der Waals surface area (Å²) in [5.41, 5.74) is 5.97. The second-order valence-electron chi connectivity index (χ2n) is 0.978. The van der Waals surface area contributed by atoms with Gasteiger partial charge in [-0.05, 0) is 11.4 Å². The van der Waals surface area contributed by atoms with Gasteiger partial charge in [-0.2, -0.15) is 0 Å². The molecule has 0 aliphatic rings. The highest BCUT2D eigenvalue weighted by Crippen LogP contribution is 2.03. The van der Waals surface area contributed by atoms with Gasteiger partial charge in [-0.3, -0.25) is 0 Å². The fourth-order valence-electron chi connectivity index (χ4n) is 0.243. The molecule has 0 unspecified atom stereocenters. The zero-order valence-electron chi connectivity index (χ0n) is 3.14. The van der Waals surface area contributed by atoms with Crippen molar-refractivity contribution in [3.63, 3.8) is 0 Å². The lowest BCUT2D eigenvalue weighted by Gasteiger charge is -1.67. The molecule has 0 saturated heterocycles. The Balaban J connectivity index is 3.05. The molecule has 1 rings (SSSR count). The molecular weight excluding hydrogens is 94.1 g/mol. The Hall–Kier alpha value is -0.500. The summed E-state index contributed by atoms with van der Waals surface area (Å²) in [4.78, 5) is 0. The maximum Gasteiger partial charge on any atom is 0.0692 e. The van der Waals surface area contributed by atoms with Crippen LogP contribution in [0.25, 0.3) is 0 Å². The molecular formula is C4H4NS. The van der Waals surface area contributed by atoms with Gasteiger partial charge in [-0.1, -0.05) is 0 Å². The minimum Gasteiger partial charge on any atom is -0.398 e. The first-order valence-corrected chi connectivity index (χ1v) is 2.48. The van der Waals surface area contributed by atoms with Gasteiger partial charge in [0.1, 0.15) is 0 Å². The van der Waals surface area contributed by atoms with Crippen molar-refractivity contribution in [3.05, 3.63) is 16.8 Å². The van der Waals surface area contributed by atoms with Gasteiger partial charge in [-0.25, -0.2) is 0 Å². The van der Waals surface area contributed by atoms with Crippen LogP contribution in [0.15, 0.2) is 11.4 Å². The zero-order valence-corrected chi connectivity index (χ0v) is 3.96. The Morgan fingerprint density at radius 3 is 2.83 bits per heavy atom. The predicted octanol–water partition coefficient (Wildman–Crippen LogP) is 1.13. The van der Waals surface area contributed by atoms with E-state index in [0.29, 0.717) is 0 Å². The number of rotatable bonds is 0. The highest BCUT2D eigenvalue weighted by molar-refractivity contribution is 7.07. The van der Waals surface area contributed by atoms with E-state index in [0.717, 1.165) is 5.69 Å². The van der Waals surface area contributed by atoms with E-state index < -0.39 is 0 Å². The molecule has 0 aliphatic heterocycles. The van der Waals surface area contributed by atoms with Gasteiger partial charge < -0.3 is 5.73 Å². The van der Waals surface area contributed by atoms with Gasteiger partial charge in [0.2, 0.25) is 0 Å². The Labute approximate surface area is 40.4 Å². The summed E-state index contributed by atoms with van der Waals surface area (Å²) in [5.74, 6) is 0. The van der Waals surface area contributed by atoms with Crippen molar-refractivity contribution in [2.45, 2.75) is 0 Å². The van der Waals surface area contributed by atoms with E-state index in [1.54, 1.807) is 0 Å². The third-order valence-corrected chi connectivity index (χ3v) is 1.12. The summed E-state index contributed by atoms with van der Waals surface area (Å²) in [5, 5.41) is 4.72. The molecule has 0 aromatic carbocycles. The van der Waals surface area contributed by atoms with Crippen LogP contribution >= 0.6 is 11.3 Å². The minimum absolute atomic E-state index is 0.736. The van der Waals surface area contributed by atoms with Gasteiger partial charge in [-0.15, -0.1) is 11.3 Å². The minimum atomic E-state index is 0.736. The zero-order chi connectivity index (χ0) is 4.41. The molecule has 0 fully saturated rings. The second kappa shape index (κ2) is 1.30. The number of anilines is 1. The molecule has 0 amide bonds. The predicted molar refractivity (Wildman–Crippen MR) is 27.6 cm³/mol. The van der Waals surface area contributed by atoms with Gasteiger partial charge in [0.15, 0.2) is 0 Å². The van der Waals surface area contributed by atoms with Crippen LogP contribution in [0.1, 0.15) is 0 Å². The molecule has 2 N–H and O–H groups in total. The van der Waals surface area contributed by atoms with Gasteiger partial charge in [0.25, 0.3) is 0 Å². The van der Waals surface area contributed by atoms with Crippen molar-refractivity contribution >= 4 is 17.0 Å². The molecule has 0 spiro atoms. The molecule has 31 valence electrons. The fraction of sp³-hybridized carbons (Fsp3) is 0. The van der Waals surface area contributed by atoms with Gasteiger partial charge in [0.05, 0.1) is 11.1 Å². The summed E-state index contributed by atoms with van der Waals surface area (Å²) in [6, 6.07) is 1.82. The largest absolute Gasteiger partial charge is 0.398 e. The monoisotopic (exact) mass is 98.0 g/mol. The average molecular weight is 98.1 g/mol. The van der Waals surface area contributed by atoms with E-state index >= 15 is 0 Å². The van der Waals surface area contributed by atoms with Crippen molar-refractivity contribution in [1.82, 2.24) is 0 Å². The van der Waals surface area contributed by atoms with E-state index in [9.17, 15) is 0 Å². The van der Waals surface area contributed by atoms with E-state index in [1.807, 2.05) is 11.4 Å². The molecule has 1 aromatic rings. The SMILES string of the molecule is Nc1[c]scc1. The molecule has 6 heavy (non-hydrogen) atoms. The van der Waals surface area contributed by atoms with E-state index in [-0.39, 0.29) is 0 Å². The summed E-state index contributed by atoms with van der Waals surface area (Å²) in [6.45, 7) is 0. The molecule has 1 nitrogen and oxygen atoms in total. The first kappa shape index (κ1) is 3.68. The third kappa shape index (κ3) is 0.518. The maximum absolute atomic E-state index is 5.23. The topological polar surface area (TPSA) is 26.0 Å². The Morgan fingerprint density at radius 2 is 2.67 bits per heavy atom. The summed E-state index contributed by atoms with van der Waals surface area (Å²) in [6.07, 6.45) is 0. The Bertz CT molecular complexity index is 111. The van der Waals surface area contributed by atoms with Crippen molar-refractivity contribution < 1.29 is 0 Å². The number of nitrogens with two attached hydrogens (primary N) is 1. The Kier molecular flexibility index (Phi) is 0.801. The van der Waals surface area contributed by atoms with Crippen molar-refractivity contribution in [2.75, 3.05) is 5.73 Å². The molecule has 0 aliphatic carbocycles. The van der Waals surface area contributed by atoms with Crippen molar-refractivity contribution in [2.24, 2.45) is 0 Å². The van der Waals surface area contributed by atoms with Crippen LogP contribution in [0.2, 0.25) is 0 Å². The van der Waals surface area contributed by atoms with Crippen molar-refractivity contribution in [1.29, 1.82) is 0 Å². The summed E-state index contributed by atoms with van der Waals surface area (Å²) in [7, 11) is 0. The lowest BCUT2D eigenvalue weighted by Crippen LogP contribution is -1.74. The normalized spacial score (nSPS) is 8.67. The average Bonchev–Trinajstić information content (AvgIpc) is 1.86. The first-order valence-electron chi connectivity index (χ1n) is 1.60. The molecule has 0 saturated carbocycles. The standard InChI is InChI=1S/C4H4NS/c5-4-1-2-6-3-4/h1-2H,5H2. The van der Waals surface area contributed by atoms with Crippen LogP contribution in [0.3, 0.4) is 0 Å². The Morgan fingerprint density at radius 1 is 1.83 bits per heavy atom. The van der Waals surface area contributed by atoms with Gasteiger partial charge >= 0.3 is 0 Å². The van der Waals surface area contributed by atoms with Gasteiger partial charge in [0, 0.05) is 0 Å². The molecule has 0 bridgehead atoms. The first-order chi connectivity index (χ1) is 2.89. The number of thiophene rings is 1. The summed E-state index contributed by atoms with van der Waals surface area (Å²) >= 11 is 1.49. The number of hydrogen-bond donors (Lipinski definition) is 1. The van der Waals surface area contributed by atoms with Crippen LogP contribution in [-0.4, -0.2) is 0 Å². The number of nitrogen functional groups attached to an aromatic ring is 1. The summed E-state index contributed by atoms with van der Waals surface area (Å²) < 4.78 is 0. The second-order valence-corrected chi connectivity index (χ2v) is 1.69. The van der Waals surface area contributed by atoms with E-state index in [2.05, 4.69) is 5.38 Å². The quantitative estimate of drug-likeness (QED) is 0.517. The van der Waals surface area contributed by atoms with Crippen LogP contribution in [0.4, 0.5) is 5.69 Å². The third-order valence-electron chi connectivity index (χ3n) is 0.492. The van der Waals surface area contributed by atoms with Crippen LogP contribution in [0, 0.1) is 5.38 Å². The molecule has 1 radical (unpaired) electrons. The van der Waals surface area contributed by atoms with E-state index in [4.69, 9.17) is 5.73 Å². The number of hydrogen-bond acceptors (Lipinski definition) is 2. The smallest absolute Gasteiger partial charge is 0.0692 e. The van der Waals surface area contributed by atoms with Crippen LogP contribution in [0.5, 0.6) is 0 Å². The highest BCUT2D eigenvalue weighted by Gasteiger charge is 1.76. The molecule has 2 heteroatoms.